The molecule has 0 fully saturated rings. The monoisotopic (exact) mass is 344 g/mol. The molecule has 17 heavy (non-hydrogen) atoms. The van der Waals surface area contributed by atoms with Crippen molar-refractivity contribution in [1.29, 1.82) is 5.26 Å². The second-order valence-electron chi connectivity index (χ2n) is 3.99. The Labute approximate surface area is 114 Å². The number of amides is 1. The Hall–Kier alpha value is -1.29. The number of hydrogen-bond donors (Lipinski definition) is 2. The van der Waals surface area contributed by atoms with Crippen molar-refractivity contribution in [3.8, 4) is 11.8 Å². The van der Waals surface area contributed by atoms with Crippen molar-refractivity contribution >= 4 is 28.5 Å². The lowest BCUT2D eigenvalue weighted by Crippen LogP contribution is -2.37. The van der Waals surface area contributed by atoms with E-state index in [2.05, 4.69) is 27.9 Å². The predicted octanol–water partition coefficient (Wildman–Crippen LogP) is 2.27. The van der Waals surface area contributed by atoms with Gasteiger partial charge in [0.2, 0.25) is 0 Å². The van der Waals surface area contributed by atoms with Gasteiger partial charge in [0.05, 0.1) is 11.6 Å². The van der Waals surface area contributed by atoms with E-state index in [9.17, 15) is 9.90 Å². The van der Waals surface area contributed by atoms with Crippen LogP contribution >= 0.6 is 22.6 Å². The zero-order valence-corrected chi connectivity index (χ0v) is 11.7. The van der Waals surface area contributed by atoms with Gasteiger partial charge < -0.3 is 10.4 Å². The third-order valence-electron chi connectivity index (χ3n) is 2.30. The Bertz CT molecular complexity index is 466. The molecule has 1 unspecified atom stereocenters. The smallest absolute Gasteiger partial charge is 0.256 e. The van der Waals surface area contributed by atoms with Crippen LogP contribution in [-0.2, 0) is 0 Å². The van der Waals surface area contributed by atoms with Gasteiger partial charge in [-0.3, -0.25) is 4.79 Å². The molecule has 0 aliphatic rings. The first-order valence-electron chi connectivity index (χ1n) is 5.14. The molecule has 0 saturated heterocycles. The number of rotatable bonds is 3. The molecule has 0 radical (unpaired) electrons. The van der Waals surface area contributed by atoms with Gasteiger partial charge in [-0.2, -0.15) is 5.26 Å². The Kier molecular flexibility index (Phi) is 4.75. The third kappa shape index (κ3) is 3.60. The highest BCUT2D eigenvalue weighted by Gasteiger charge is 2.18. The lowest BCUT2D eigenvalue weighted by molar-refractivity contribution is 0.0935. The van der Waals surface area contributed by atoms with E-state index in [1.807, 2.05) is 19.9 Å². The summed E-state index contributed by atoms with van der Waals surface area (Å²) in [7, 11) is 0. The van der Waals surface area contributed by atoms with Crippen LogP contribution in [0.1, 0.15) is 24.2 Å². The molecular weight excluding hydrogens is 331 g/mol. The van der Waals surface area contributed by atoms with Crippen molar-refractivity contribution in [2.45, 2.75) is 19.9 Å². The summed E-state index contributed by atoms with van der Waals surface area (Å²) in [5.41, 5.74) is 0.192. The minimum Gasteiger partial charge on any atom is -0.507 e. The fraction of sp³-hybridized carbons (Fsp3) is 0.333. The lowest BCUT2D eigenvalue weighted by atomic mass is 10.1. The van der Waals surface area contributed by atoms with Gasteiger partial charge >= 0.3 is 0 Å². The Morgan fingerprint density at radius 1 is 1.53 bits per heavy atom. The molecule has 2 N–H and O–H groups in total. The van der Waals surface area contributed by atoms with E-state index in [0.717, 1.165) is 3.57 Å². The maximum atomic E-state index is 11.9. The second kappa shape index (κ2) is 5.87. The molecule has 0 spiro atoms. The Morgan fingerprint density at radius 3 is 2.71 bits per heavy atom. The van der Waals surface area contributed by atoms with Crippen LogP contribution in [0.4, 0.5) is 0 Å². The number of phenols is 1. The number of nitrogens with one attached hydrogen (secondary N) is 1. The van der Waals surface area contributed by atoms with Crippen molar-refractivity contribution in [2.75, 3.05) is 0 Å². The van der Waals surface area contributed by atoms with Gasteiger partial charge in [-0.05, 0) is 46.7 Å². The first-order valence-corrected chi connectivity index (χ1v) is 6.22. The maximum Gasteiger partial charge on any atom is 0.256 e. The summed E-state index contributed by atoms with van der Waals surface area (Å²) in [5, 5.41) is 21.1. The molecule has 1 amide bonds. The van der Waals surface area contributed by atoms with Gasteiger partial charge in [0.15, 0.2) is 0 Å². The molecule has 1 aromatic carbocycles. The highest BCUT2D eigenvalue weighted by Crippen LogP contribution is 2.19. The molecule has 0 saturated carbocycles. The predicted molar refractivity (Wildman–Crippen MR) is 72.5 cm³/mol. The normalized spacial score (nSPS) is 11.9. The van der Waals surface area contributed by atoms with Crippen molar-refractivity contribution in [2.24, 2.45) is 5.92 Å². The van der Waals surface area contributed by atoms with Crippen LogP contribution in [-0.4, -0.2) is 17.1 Å². The first kappa shape index (κ1) is 13.8. The van der Waals surface area contributed by atoms with E-state index in [1.54, 1.807) is 12.1 Å². The van der Waals surface area contributed by atoms with Crippen molar-refractivity contribution < 1.29 is 9.90 Å². The highest BCUT2D eigenvalue weighted by molar-refractivity contribution is 14.1. The fourth-order valence-corrected chi connectivity index (χ4v) is 1.75. The number of phenolic OH excluding ortho intramolecular Hbond substituents is 1. The van der Waals surface area contributed by atoms with Crippen molar-refractivity contribution in [3.05, 3.63) is 27.3 Å². The average molecular weight is 344 g/mol. The number of halogens is 1. The molecule has 4 nitrogen and oxygen atoms in total. The topological polar surface area (TPSA) is 73.1 Å². The van der Waals surface area contributed by atoms with Crippen molar-refractivity contribution in [3.63, 3.8) is 0 Å². The van der Waals surface area contributed by atoms with Crippen LogP contribution in [0.15, 0.2) is 18.2 Å². The van der Waals surface area contributed by atoms with Gasteiger partial charge in [-0.25, -0.2) is 0 Å². The Balaban J connectivity index is 2.90. The van der Waals surface area contributed by atoms with Crippen LogP contribution in [0.5, 0.6) is 5.75 Å². The number of hydrogen-bond acceptors (Lipinski definition) is 3. The fourth-order valence-electron chi connectivity index (χ4n) is 1.26. The average Bonchev–Trinajstić information content (AvgIpc) is 2.28. The van der Waals surface area contributed by atoms with E-state index < -0.39 is 11.9 Å². The van der Waals surface area contributed by atoms with E-state index >= 15 is 0 Å². The zero-order valence-electron chi connectivity index (χ0n) is 9.57. The molecule has 5 heteroatoms. The van der Waals surface area contributed by atoms with E-state index in [-0.39, 0.29) is 17.2 Å². The molecular formula is C12H13IN2O2. The molecule has 90 valence electrons. The maximum absolute atomic E-state index is 11.9. The van der Waals surface area contributed by atoms with Gasteiger partial charge in [0, 0.05) is 3.57 Å². The minimum absolute atomic E-state index is 0.0221. The quantitative estimate of drug-likeness (QED) is 0.827. The number of benzene rings is 1. The molecule has 0 aliphatic carbocycles. The SMILES string of the molecule is CC(C)C(C#N)NC(=O)c1cc(I)ccc1O. The number of aromatic hydroxyl groups is 1. The molecule has 1 aromatic rings. The van der Waals surface area contributed by atoms with Crippen LogP contribution in [0.2, 0.25) is 0 Å². The van der Waals surface area contributed by atoms with Gasteiger partial charge in [-0.1, -0.05) is 13.8 Å². The summed E-state index contributed by atoms with van der Waals surface area (Å²) in [6, 6.07) is 6.22. The van der Waals surface area contributed by atoms with Crippen LogP contribution in [0.25, 0.3) is 0 Å². The van der Waals surface area contributed by atoms with Crippen LogP contribution in [0.3, 0.4) is 0 Å². The van der Waals surface area contributed by atoms with Crippen molar-refractivity contribution in [1.82, 2.24) is 5.32 Å². The highest BCUT2D eigenvalue weighted by atomic mass is 127. The van der Waals surface area contributed by atoms with Crippen LogP contribution in [0, 0.1) is 20.8 Å². The summed E-state index contributed by atoms with van der Waals surface area (Å²) in [6.07, 6.45) is 0. The lowest BCUT2D eigenvalue weighted by Gasteiger charge is -2.15. The number of carbonyl (C=O) groups is 1. The Morgan fingerprint density at radius 2 is 2.18 bits per heavy atom. The summed E-state index contributed by atoms with van der Waals surface area (Å²) in [4.78, 5) is 11.9. The minimum atomic E-state index is -0.556. The molecule has 0 aliphatic heterocycles. The molecule has 0 bridgehead atoms. The molecule has 1 atom stereocenters. The number of carbonyl (C=O) groups excluding carboxylic acids is 1. The van der Waals surface area contributed by atoms with E-state index in [4.69, 9.17) is 5.26 Å². The number of nitriles is 1. The summed E-state index contributed by atoms with van der Waals surface area (Å²) >= 11 is 2.06. The molecule has 1 rings (SSSR count). The summed E-state index contributed by atoms with van der Waals surface area (Å²) in [5.74, 6) is -0.487. The summed E-state index contributed by atoms with van der Waals surface area (Å²) < 4.78 is 0.851. The largest absolute Gasteiger partial charge is 0.507 e. The van der Waals surface area contributed by atoms with Crippen LogP contribution < -0.4 is 5.32 Å². The first-order chi connectivity index (χ1) is 7.95. The third-order valence-corrected chi connectivity index (χ3v) is 2.97. The van der Waals surface area contributed by atoms with Gasteiger partial charge in [-0.15, -0.1) is 0 Å². The number of nitrogens with zero attached hydrogens (tertiary/aromatic N) is 1. The van der Waals surface area contributed by atoms with E-state index in [1.165, 1.54) is 6.07 Å². The van der Waals surface area contributed by atoms with E-state index in [0.29, 0.717) is 0 Å². The van der Waals surface area contributed by atoms with Gasteiger partial charge in [0.1, 0.15) is 11.8 Å². The molecule has 0 aromatic heterocycles. The second-order valence-corrected chi connectivity index (χ2v) is 5.23. The summed E-state index contributed by atoms with van der Waals surface area (Å²) in [6.45, 7) is 3.70. The standard InChI is InChI=1S/C12H13IN2O2/c1-7(2)10(6-14)15-12(17)9-5-8(13)3-4-11(9)16/h3-5,7,10,16H,1-2H3,(H,15,17). The molecule has 0 heterocycles. The zero-order chi connectivity index (χ0) is 13.0. The van der Waals surface area contributed by atoms with Gasteiger partial charge in [0.25, 0.3) is 5.91 Å².